The van der Waals surface area contributed by atoms with E-state index in [-0.39, 0.29) is 12.4 Å². The van der Waals surface area contributed by atoms with Crippen LogP contribution in [0.4, 0.5) is 14.5 Å². The molecule has 1 aromatic rings. The number of nitrogens with two attached hydrogens (primary N) is 1. The van der Waals surface area contributed by atoms with Gasteiger partial charge in [0.05, 0.1) is 0 Å². The number of halogens is 3. The molecule has 1 aromatic carbocycles. The number of alkyl halides is 2. The summed E-state index contributed by atoms with van der Waals surface area (Å²) >= 11 is 0. The van der Waals surface area contributed by atoms with Gasteiger partial charge in [-0.3, -0.25) is 0 Å². The van der Waals surface area contributed by atoms with Crippen molar-refractivity contribution in [3.05, 3.63) is 24.3 Å². The summed E-state index contributed by atoms with van der Waals surface area (Å²) in [6.45, 7) is -1.66. The lowest BCUT2D eigenvalue weighted by atomic mass is 10.3. The first-order valence-electron chi connectivity index (χ1n) is 3.90. The minimum Gasteiger partial charge on any atom is -0.485 e. The van der Waals surface area contributed by atoms with E-state index in [0.717, 1.165) is 0 Å². The largest absolute Gasteiger partial charge is 0.485 e. The normalized spacial score (nSPS) is 9.64. The van der Waals surface area contributed by atoms with E-state index in [4.69, 9.17) is 10.5 Å². The van der Waals surface area contributed by atoms with Gasteiger partial charge in [-0.1, -0.05) is 0 Å². The highest BCUT2D eigenvalue weighted by atomic mass is 35.5. The minimum absolute atomic E-state index is 0. The van der Waals surface area contributed by atoms with Crippen LogP contribution in [0.2, 0.25) is 0 Å². The molecule has 0 heterocycles. The Hall–Kier alpha value is -1.03. The molecule has 0 radical (unpaired) electrons. The van der Waals surface area contributed by atoms with Gasteiger partial charge in [0.1, 0.15) is 19.1 Å². The van der Waals surface area contributed by atoms with E-state index in [1.165, 1.54) is 0 Å². The Balaban J connectivity index is 0.00000169. The van der Waals surface area contributed by atoms with Gasteiger partial charge >= 0.3 is 0 Å². The van der Waals surface area contributed by atoms with Crippen molar-refractivity contribution >= 4 is 18.1 Å². The molecule has 0 unspecified atom stereocenters. The lowest BCUT2D eigenvalue weighted by Crippen LogP contribution is -2.20. The third kappa shape index (κ3) is 3.79. The predicted molar refractivity (Wildman–Crippen MR) is 54.5 cm³/mol. The summed E-state index contributed by atoms with van der Waals surface area (Å²) in [6, 6.07) is 6.38. The summed E-state index contributed by atoms with van der Waals surface area (Å²) in [5.41, 5.74) is 6.01. The Kier molecular flexibility index (Phi) is 5.95. The van der Waals surface area contributed by atoms with Crippen LogP contribution in [-0.2, 0) is 0 Å². The molecule has 0 bridgehead atoms. The van der Waals surface area contributed by atoms with Gasteiger partial charge in [0, 0.05) is 5.69 Å². The summed E-state index contributed by atoms with van der Waals surface area (Å²) in [5, 5.41) is 0. The van der Waals surface area contributed by atoms with Crippen LogP contribution in [0.15, 0.2) is 24.3 Å². The van der Waals surface area contributed by atoms with E-state index in [2.05, 4.69) is 0 Å². The Morgan fingerprint density at radius 1 is 1.14 bits per heavy atom. The molecule has 0 saturated heterocycles. The van der Waals surface area contributed by atoms with Crippen LogP contribution in [0.3, 0.4) is 0 Å². The third-order valence-corrected chi connectivity index (χ3v) is 1.53. The van der Waals surface area contributed by atoms with Crippen molar-refractivity contribution in [3.8, 4) is 5.75 Å². The lowest BCUT2D eigenvalue weighted by Gasteiger charge is -2.12. The first kappa shape index (κ1) is 13.0. The number of rotatable bonds is 4. The van der Waals surface area contributed by atoms with Crippen LogP contribution < -0.4 is 10.5 Å². The van der Waals surface area contributed by atoms with E-state index in [0.29, 0.717) is 11.4 Å². The van der Waals surface area contributed by atoms with Crippen molar-refractivity contribution in [1.29, 1.82) is 0 Å². The van der Waals surface area contributed by atoms with Crippen molar-refractivity contribution < 1.29 is 13.5 Å². The highest BCUT2D eigenvalue weighted by molar-refractivity contribution is 5.85. The molecule has 0 aliphatic carbocycles. The molecule has 2 nitrogen and oxygen atoms in total. The SMILES string of the molecule is Cl.Nc1ccc(OC(CF)CF)cc1. The number of anilines is 1. The van der Waals surface area contributed by atoms with Crippen LogP contribution in [0, 0.1) is 0 Å². The standard InChI is InChI=1S/C9H11F2NO.ClH/c10-5-9(6-11)13-8-3-1-7(12)2-4-8;/h1-4,9H,5-6,12H2;1H. The first-order valence-corrected chi connectivity index (χ1v) is 3.90. The summed E-state index contributed by atoms with van der Waals surface area (Å²) in [5.74, 6) is 0.425. The van der Waals surface area contributed by atoms with Crippen molar-refractivity contribution in [3.63, 3.8) is 0 Å². The number of hydrogen-bond acceptors (Lipinski definition) is 2. The Labute approximate surface area is 87.5 Å². The number of benzene rings is 1. The summed E-state index contributed by atoms with van der Waals surface area (Å²) in [6.07, 6.45) is -1.01. The van der Waals surface area contributed by atoms with E-state index in [9.17, 15) is 8.78 Å². The summed E-state index contributed by atoms with van der Waals surface area (Å²) in [4.78, 5) is 0. The smallest absolute Gasteiger partial charge is 0.155 e. The molecule has 0 fully saturated rings. The fourth-order valence-corrected chi connectivity index (χ4v) is 0.843. The van der Waals surface area contributed by atoms with Crippen molar-refractivity contribution in [1.82, 2.24) is 0 Å². The molecule has 0 amide bonds. The Morgan fingerprint density at radius 3 is 2.07 bits per heavy atom. The highest BCUT2D eigenvalue weighted by Crippen LogP contribution is 2.15. The second kappa shape index (κ2) is 6.43. The minimum atomic E-state index is -1.01. The molecular weight excluding hydrogens is 212 g/mol. The zero-order chi connectivity index (χ0) is 9.68. The maximum atomic E-state index is 12.0. The van der Waals surface area contributed by atoms with Gasteiger partial charge in [-0.25, -0.2) is 8.78 Å². The van der Waals surface area contributed by atoms with Crippen LogP contribution in [0.1, 0.15) is 0 Å². The monoisotopic (exact) mass is 223 g/mol. The maximum Gasteiger partial charge on any atom is 0.155 e. The van der Waals surface area contributed by atoms with Gasteiger partial charge in [0.25, 0.3) is 0 Å². The number of ether oxygens (including phenoxy) is 1. The van der Waals surface area contributed by atoms with Gasteiger partial charge < -0.3 is 10.5 Å². The molecule has 0 saturated carbocycles. The molecule has 2 N–H and O–H groups in total. The molecule has 80 valence electrons. The Morgan fingerprint density at radius 2 is 1.64 bits per heavy atom. The summed E-state index contributed by atoms with van der Waals surface area (Å²) < 4.78 is 29.0. The zero-order valence-electron chi connectivity index (χ0n) is 7.45. The van der Waals surface area contributed by atoms with Gasteiger partial charge in [0.15, 0.2) is 6.10 Å². The maximum absolute atomic E-state index is 12.0. The van der Waals surface area contributed by atoms with Gasteiger partial charge in [-0.2, -0.15) is 0 Å². The Bertz CT molecular complexity index is 251. The van der Waals surface area contributed by atoms with Crippen molar-refractivity contribution in [2.45, 2.75) is 6.10 Å². The second-order valence-corrected chi connectivity index (χ2v) is 2.62. The second-order valence-electron chi connectivity index (χ2n) is 2.62. The fraction of sp³-hybridized carbons (Fsp3) is 0.333. The van der Waals surface area contributed by atoms with Crippen molar-refractivity contribution in [2.75, 3.05) is 19.1 Å². The van der Waals surface area contributed by atoms with E-state index in [1.54, 1.807) is 24.3 Å². The van der Waals surface area contributed by atoms with Gasteiger partial charge in [-0.15, -0.1) is 12.4 Å². The fourth-order valence-electron chi connectivity index (χ4n) is 0.843. The molecule has 1 rings (SSSR count). The molecule has 0 atom stereocenters. The lowest BCUT2D eigenvalue weighted by molar-refractivity contribution is 0.133. The third-order valence-electron chi connectivity index (χ3n) is 1.53. The number of nitrogen functional groups attached to an aromatic ring is 1. The van der Waals surface area contributed by atoms with E-state index >= 15 is 0 Å². The van der Waals surface area contributed by atoms with Crippen molar-refractivity contribution in [2.24, 2.45) is 0 Å². The molecule has 0 spiro atoms. The molecular formula is C9H12ClF2NO. The van der Waals surface area contributed by atoms with Gasteiger partial charge in [-0.05, 0) is 24.3 Å². The van der Waals surface area contributed by atoms with Crippen LogP contribution in [-0.4, -0.2) is 19.5 Å². The average molecular weight is 224 g/mol. The molecule has 5 heteroatoms. The van der Waals surface area contributed by atoms with Crippen LogP contribution in [0.5, 0.6) is 5.75 Å². The van der Waals surface area contributed by atoms with E-state index in [1.807, 2.05) is 0 Å². The van der Waals surface area contributed by atoms with E-state index < -0.39 is 19.5 Å². The molecule has 0 aliphatic heterocycles. The molecule has 14 heavy (non-hydrogen) atoms. The highest BCUT2D eigenvalue weighted by Gasteiger charge is 2.08. The quantitative estimate of drug-likeness (QED) is 0.796. The zero-order valence-corrected chi connectivity index (χ0v) is 8.27. The molecule has 0 aromatic heterocycles. The van der Waals surface area contributed by atoms with Crippen LogP contribution in [0.25, 0.3) is 0 Å². The summed E-state index contributed by atoms with van der Waals surface area (Å²) in [7, 11) is 0. The topological polar surface area (TPSA) is 35.2 Å². The van der Waals surface area contributed by atoms with Crippen LogP contribution >= 0.6 is 12.4 Å². The molecule has 0 aliphatic rings. The number of hydrogen-bond donors (Lipinski definition) is 1. The van der Waals surface area contributed by atoms with Gasteiger partial charge in [0.2, 0.25) is 0 Å². The average Bonchev–Trinajstić information content (AvgIpc) is 2.17. The predicted octanol–water partition coefficient (Wildman–Crippen LogP) is 2.38. The first-order chi connectivity index (χ1) is 6.26.